The summed E-state index contributed by atoms with van der Waals surface area (Å²) in [6.07, 6.45) is 3.66. The van der Waals surface area contributed by atoms with Crippen molar-refractivity contribution >= 4 is 28.8 Å². The molecule has 0 spiro atoms. The molecule has 4 rings (SSSR count). The molecule has 0 unspecified atom stereocenters. The summed E-state index contributed by atoms with van der Waals surface area (Å²) in [6, 6.07) is 13.2. The van der Waals surface area contributed by atoms with Crippen LogP contribution in [0.2, 0.25) is 5.02 Å². The molecule has 144 valence electrons. The van der Waals surface area contributed by atoms with Gasteiger partial charge in [0.1, 0.15) is 5.56 Å². The van der Waals surface area contributed by atoms with Crippen molar-refractivity contribution in [2.75, 3.05) is 13.1 Å². The van der Waals surface area contributed by atoms with Crippen LogP contribution in [0.25, 0.3) is 0 Å². The molecule has 0 saturated heterocycles. The third kappa shape index (κ3) is 4.19. The van der Waals surface area contributed by atoms with E-state index in [1.807, 2.05) is 35.6 Å². The van der Waals surface area contributed by atoms with E-state index in [2.05, 4.69) is 21.7 Å². The Balaban J connectivity index is 1.53. The van der Waals surface area contributed by atoms with Crippen LogP contribution in [0.15, 0.2) is 60.2 Å². The van der Waals surface area contributed by atoms with Gasteiger partial charge in [-0.15, -0.1) is 11.3 Å². The number of nitrogens with one attached hydrogen (secondary N) is 1. The number of carbonyl (C=O) groups is 1. The minimum Gasteiger partial charge on any atom is -0.619 e. The Morgan fingerprint density at radius 1 is 1.29 bits per heavy atom. The minimum atomic E-state index is -0.252. The number of fused-ring (bicyclic) bond motifs is 1. The molecule has 3 heterocycles. The van der Waals surface area contributed by atoms with Crippen molar-refractivity contribution in [2.24, 2.45) is 0 Å². The molecule has 1 amide bonds. The van der Waals surface area contributed by atoms with Gasteiger partial charge >= 0.3 is 0 Å². The fraction of sp³-hybridized carbons (Fsp3) is 0.238. The lowest BCUT2D eigenvalue weighted by Gasteiger charge is -2.35. The van der Waals surface area contributed by atoms with Crippen LogP contribution in [0.4, 0.5) is 0 Å². The summed E-state index contributed by atoms with van der Waals surface area (Å²) >= 11 is 7.87. The fourth-order valence-corrected chi connectivity index (χ4v) is 4.58. The van der Waals surface area contributed by atoms with Gasteiger partial charge in [0.05, 0.1) is 6.04 Å². The molecule has 3 aromatic rings. The highest BCUT2D eigenvalue weighted by atomic mass is 35.5. The first kappa shape index (κ1) is 18.9. The molecular weight excluding hydrogens is 394 g/mol. The monoisotopic (exact) mass is 413 g/mol. The van der Waals surface area contributed by atoms with Crippen LogP contribution in [-0.2, 0) is 13.0 Å². The van der Waals surface area contributed by atoms with Crippen LogP contribution in [-0.4, -0.2) is 23.9 Å². The number of benzene rings is 1. The van der Waals surface area contributed by atoms with Gasteiger partial charge in [0.2, 0.25) is 0 Å². The smallest absolute Gasteiger partial charge is 0.257 e. The van der Waals surface area contributed by atoms with Crippen LogP contribution >= 0.6 is 22.9 Å². The van der Waals surface area contributed by atoms with Crippen LogP contribution in [0.1, 0.15) is 32.4 Å². The molecule has 0 fully saturated rings. The van der Waals surface area contributed by atoms with Crippen LogP contribution in [0.5, 0.6) is 0 Å². The second kappa shape index (κ2) is 8.31. The van der Waals surface area contributed by atoms with Gasteiger partial charge in [0.15, 0.2) is 12.4 Å². The third-order valence-corrected chi connectivity index (χ3v) is 6.30. The summed E-state index contributed by atoms with van der Waals surface area (Å²) in [6.45, 7) is 2.24. The number of aromatic nitrogens is 1. The molecule has 1 aromatic carbocycles. The molecule has 1 aliphatic rings. The predicted molar refractivity (Wildman–Crippen MR) is 110 cm³/mol. The second-order valence-corrected chi connectivity index (χ2v) is 8.26. The summed E-state index contributed by atoms with van der Waals surface area (Å²) in [5.41, 5.74) is 2.82. The first-order chi connectivity index (χ1) is 13.6. The van der Waals surface area contributed by atoms with Crippen molar-refractivity contribution in [1.82, 2.24) is 10.2 Å². The summed E-state index contributed by atoms with van der Waals surface area (Å²) < 4.78 is 0.633. The first-order valence-corrected chi connectivity index (χ1v) is 10.4. The van der Waals surface area contributed by atoms with Crippen molar-refractivity contribution in [1.29, 1.82) is 0 Å². The lowest BCUT2D eigenvalue weighted by Crippen LogP contribution is -2.40. The minimum absolute atomic E-state index is 0.0253. The maximum Gasteiger partial charge on any atom is 0.257 e. The van der Waals surface area contributed by atoms with E-state index in [-0.39, 0.29) is 11.9 Å². The van der Waals surface area contributed by atoms with Crippen molar-refractivity contribution in [3.63, 3.8) is 0 Å². The molecule has 28 heavy (non-hydrogen) atoms. The van der Waals surface area contributed by atoms with Gasteiger partial charge in [-0.05, 0) is 47.2 Å². The maximum absolute atomic E-state index is 12.5. The molecule has 7 heteroatoms. The number of rotatable bonds is 5. The fourth-order valence-electron chi connectivity index (χ4n) is 3.56. The van der Waals surface area contributed by atoms with E-state index < -0.39 is 0 Å². The van der Waals surface area contributed by atoms with Crippen molar-refractivity contribution in [3.8, 4) is 0 Å². The Kier molecular flexibility index (Phi) is 5.62. The van der Waals surface area contributed by atoms with E-state index in [1.165, 1.54) is 22.8 Å². The molecule has 0 radical (unpaired) electrons. The lowest BCUT2D eigenvalue weighted by molar-refractivity contribution is -0.605. The third-order valence-electron chi connectivity index (χ3n) is 5.03. The van der Waals surface area contributed by atoms with Crippen LogP contribution in [0, 0.1) is 5.21 Å². The lowest BCUT2D eigenvalue weighted by atomic mass is 10.0. The Morgan fingerprint density at radius 2 is 2.11 bits per heavy atom. The highest BCUT2D eigenvalue weighted by Gasteiger charge is 2.26. The van der Waals surface area contributed by atoms with Gasteiger partial charge in [-0.1, -0.05) is 23.7 Å². The zero-order valence-electron chi connectivity index (χ0n) is 15.2. The summed E-state index contributed by atoms with van der Waals surface area (Å²) in [5.74, 6) is -0.252. The standard InChI is InChI=1S/C21H20ClN3O2S/c22-18-5-3-15(4-6-18)19(24-10-7-20-16(13-24)8-11-28-20)12-23-21(26)17-2-1-9-25(27)14-17/h1-6,8-9,11,14,19H,7,10,12-13H2,(H,23,26)/t19-/m0/s1. The normalized spacial score (nSPS) is 15.0. The molecular formula is C21H20ClN3O2S. The van der Waals surface area contributed by atoms with Crippen molar-refractivity contribution in [2.45, 2.75) is 19.0 Å². The summed E-state index contributed by atoms with van der Waals surface area (Å²) in [7, 11) is 0. The molecule has 1 N–H and O–H groups in total. The number of amides is 1. The van der Waals surface area contributed by atoms with Crippen LogP contribution in [0.3, 0.4) is 0 Å². The summed E-state index contributed by atoms with van der Waals surface area (Å²) in [4.78, 5) is 16.4. The number of pyridine rings is 1. The highest BCUT2D eigenvalue weighted by Crippen LogP contribution is 2.30. The Bertz CT molecular complexity index is 974. The van der Waals surface area contributed by atoms with E-state index in [0.717, 1.165) is 25.1 Å². The van der Waals surface area contributed by atoms with Crippen molar-refractivity contribution < 1.29 is 9.52 Å². The molecule has 0 saturated carbocycles. The second-order valence-electron chi connectivity index (χ2n) is 6.82. The predicted octanol–water partition coefficient (Wildman–Crippen LogP) is 3.56. The number of carbonyl (C=O) groups excluding carboxylic acids is 1. The van der Waals surface area contributed by atoms with E-state index in [0.29, 0.717) is 21.9 Å². The van der Waals surface area contributed by atoms with E-state index in [9.17, 15) is 10.0 Å². The molecule has 1 aliphatic heterocycles. The zero-order chi connectivity index (χ0) is 19.5. The number of thiophene rings is 1. The van der Waals surface area contributed by atoms with Gasteiger partial charge in [-0.25, -0.2) is 0 Å². The topological polar surface area (TPSA) is 59.3 Å². The number of hydrogen-bond acceptors (Lipinski definition) is 4. The highest BCUT2D eigenvalue weighted by molar-refractivity contribution is 7.10. The quantitative estimate of drug-likeness (QED) is 0.514. The molecule has 1 atom stereocenters. The Hall–Kier alpha value is -2.41. The molecule has 5 nitrogen and oxygen atoms in total. The summed E-state index contributed by atoms with van der Waals surface area (Å²) in [5, 5.41) is 17.3. The molecule has 2 aromatic heterocycles. The Morgan fingerprint density at radius 3 is 2.89 bits per heavy atom. The maximum atomic E-state index is 12.5. The first-order valence-electron chi connectivity index (χ1n) is 9.12. The zero-order valence-corrected chi connectivity index (χ0v) is 16.7. The van der Waals surface area contributed by atoms with Gasteiger partial charge in [-0.2, -0.15) is 4.73 Å². The van der Waals surface area contributed by atoms with Crippen molar-refractivity contribution in [3.05, 3.63) is 92.0 Å². The SMILES string of the molecule is O=C(NC[C@@H](c1ccc(Cl)cc1)N1CCc2sccc2C1)c1ccc[n+]([O-])c1. The molecule has 0 aliphatic carbocycles. The van der Waals surface area contributed by atoms with E-state index >= 15 is 0 Å². The van der Waals surface area contributed by atoms with Crippen LogP contribution < -0.4 is 10.0 Å². The van der Waals surface area contributed by atoms with E-state index in [4.69, 9.17) is 11.6 Å². The average Bonchev–Trinajstić information content (AvgIpc) is 3.17. The van der Waals surface area contributed by atoms with E-state index in [1.54, 1.807) is 12.1 Å². The van der Waals surface area contributed by atoms with Gasteiger partial charge in [0, 0.05) is 35.6 Å². The van der Waals surface area contributed by atoms with Gasteiger partial charge < -0.3 is 10.5 Å². The van der Waals surface area contributed by atoms with Gasteiger partial charge in [-0.3, -0.25) is 9.69 Å². The Labute approximate surface area is 172 Å². The number of nitrogens with zero attached hydrogens (tertiary/aromatic N) is 2. The number of hydrogen-bond donors (Lipinski definition) is 1. The molecule has 0 bridgehead atoms. The average molecular weight is 414 g/mol. The largest absolute Gasteiger partial charge is 0.619 e. The van der Waals surface area contributed by atoms with Gasteiger partial charge in [0.25, 0.3) is 5.91 Å². The number of halogens is 1.